The van der Waals surface area contributed by atoms with Crippen molar-refractivity contribution in [2.24, 2.45) is 0 Å². The van der Waals surface area contributed by atoms with Crippen LogP contribution in [0.25, 0.3) is 23.3 Å². The molecule has 0 aliphatic rings. The molecule has 4 aromatic carbocycles. The first kappa shape index (κ1) is 21.9. The molecule has 33 heavy (non-hydrogen) atoms. The zero-order chi connectivity index (χ0) is 22.9. The molecule has 0 unspecified atom stereocenters. The van der Waals surface area contributed by atoms with E-state index < -0.39 is 0 Å². The molecule has 0 saturated carbocycles. The van der Waals surface area contributed by atoms with E-state index in [0.717, 1.165) is 33.4 Å². The molecule has 4 aromatic rings. The number of aromatic hydroxyl groups is 1. The van der Waals surface area contributed by atoms with Gasteiger partial charge in [-0.25, -0.2) is 4.79 Å². The number of carbonyl (C=O) groups excluding carboxylic acids is 1. The fourth-order valence-corrected chi connectivity index (χ4v) is 3.61. The fourth-order valence-electron chi connectivity index (χ4n) is 3.61. The summed E-state index contributed by atoms with van der Waals surface area (Å²) < 4.78 is 0. The van der Waals surface area contributed by atoms with Crippen molar-refractivity contribution in [3.05, 3.63) is 125 Å². The summed E-state index contributed by atoms with van der Waals surface area (Å²) in [7, 11) is 0. The lowest BCUT2D eigenvalue weighted by Gasteiger charge is -2.14. The van der Waals surface area contributed by atoms with E-state index in [-0.39, 0.29) is 11.8 Å². The van der Waals surface area contributed by atoms with Crippen LogP contribution in [0.2, 0.25) is 0 Å². The average molecular weight is 435 g/mol. The van der Waals surface area contributed by atoms with Gasteiger partial charge in [-0.1, -0.05) is 103 Å². The highest BCUT2D eigenvalue weighted by atomic mass is 16.3. The summed E-state index contributed by atoms with van der Waals surface area (Å²) in [6.45, 7) is 0.909. The summed E-state index contributed by atoms with van der Waals surface area (Å²) in [6, 6.07) is 33.0. The molecular formula is C29H26N2O2. The second kappa shape index (κ2) is 10.8. The molecule has 0 aromatic heterocycles. The van der Waals surface area contributed by atoms with Crippen molar-refractivity contribution in [3.63, 3.8) is 0 Å². The van der Waals surface area contributed by atoms with Gasteiger partial charge in [0.05, 0.1) is 0 Å². The number of rotatable bonds is 7. The first-order chi connectivity index (χ1) is 16.2. The predicted molar refractivity (Wildman–Crippen MR) is 134 cm³/mol. The summed E-state index contributed by atoms with van der Waals surface area (Å²) >= 11 is 0. The maximum atomic E-state index is 12.3. The molecule has 164 valence electrons. The lowest BCUT2D eigenvalue weighted by atomic mass is 9.95. The quantitative estimate of drug-likeness (QED) is 0.302. The summed E-state index contributed by atoms with van der Waals surface area (Å²) in [5.74, 6) is 0.252. The number of hydrogen-bond donors (Lipinski definition) is 3. The lowest BCUT2D eigenvalue weighted by Crippen LogP contribution is -2.34. The standard InChI is InChI=1S/C29H26N2O2/c32-26-18-15-22(16-19-26)14-17-24-10-4-6-12-27(24)28-13-7-5-11-25(28)21-31-29(33)30-20-23-8-2-1-3-9-23/h1-19,32H,20-21H2,(H2,30,31,33)/b17-14+. The molecule has 0 aliphatic carbocycles. The van der Waals surface area contributed by atoms with E-state index in [4.69, 9.17) is 0 Å². The molecule has 0 bridgehead atoms. The SMILES string of the molecule is O=C(NCc1ccccc1)NCc1ccccc1-c1ccccc1/C=C/c1ccc(O)cc1. The van der Waals surface area contributed by atoms with Crippen LogP contribution in [0.3, 0.4) is 0 Å². The molecule has 4 nitrogen and oxygen atoms in total. The highest BCUT2D eigenvalue weighted by Gasteiger charge is 2.09. The minimum Gasteiger partial charge on any atom is -0.508 e. The second-order valence-electron chi connectivity index (χ2n) is 7.69. The maximum absolute atomic E-state index is 12.3. The van der Waals surface area contributed by atoms with Crippen molar-refractivity contribution in [2.45, 2.75) is 13.1 Å². The zero-order valence-electron chi connectivity index (χ0n) is 18.2. The Bertz CT molecular complexity index is 1230. The minimum absolute atomic E-state index is 0.200. The van der Waals surface area contributed by atoms with E-state index >= 15 is 0 Å². The molecule has 2 amide bonds. The van der Waals surface area contributed by atoms with Crippen LogP contribution in [0.1, 0.15) is 22.3 Å². The number of carbonyl (C=O) groups is 1. The topological polar surface area (TPSA) is 61.4 Å². The van der Waals surface area contributed by atoms with Gasteiger partial charge in [-0.15, -0.1) is 0 Å². The fraction of sp³-hybridized carbons (Fsp3) is 0.0690. The largest absolute Gasteiger partial charge is 0.508 e. The first-order valence-corrected chi connectivity index (χ1v) is 10.9. The van der Waals surface area contributed by atoms with E-state index in [1.807, 2.05) is 78.9 Å². The Morgan fingerprint density at radius 3 is 2.09 bits per heavy atom. The van der Waals surface area contributed by atoms with Gasteiger partial charge in [-0.2, -0.15) is 0 Å². The van der Waals surface area contributed by atoms with Crippen molar-refractivity contribution in [3.8, 4) is 16.9 Å². The van der Waals surface area contributed by atoms with E-state index in [1.165, 1.54) is 0 Å². The van der Waals surface area contributed by atoms with Crippen LogP contribution in [0.5, 0.6) is 5.75 Å². The Morgan fingerprint density at radius 1 is 0.667 bits per heavy atom. The van der Waals surface area contributed by atoms with Gasteiger partial charge in [-0.3, -0.25) is 0 Å². The first-order valence-electron chi connectivity index (χ1n) is 10.9. The molecular weight excluding hydrogens is 408 g/mol. The van der Waals surface area contributed by atoms with Gasteiger partial charge >= 0.3 is 6.03 Å². The number of hydrogen-bond acceptors (Lipinski definition) is 2. The molecule has 3 N–H and O–H groups in total. The summed E-state index contributed by atoms with van der Waals surface area (Å²) in [6.07, 6.45) is 4.09. The molecule has 0 aliphatic heterocycles. The van der Waals surface area contributed by atoms with Gasteiger partial charge in [-0.05, 0) is 45.5 Å². The van der Waals surface area contributed by atoms with E-state index in [2.05, 4.69) is 34.9 Å². The van der Waals surface area contributed by atoms with E-state index in [0.29, 0.717) is 13.1 Å². The van der Waals surface area contributed by atoms with Crippen molar-refractivity contribution in [2.75, 3.05) is 0 Å². The zero-order valence-corrected chi connectivity index (χ0v) is 18.2. The van der Waals surface area contributed by atoms with Crippen molar-refractivity contribution < 1.29 is 9.90 Å². The Balaban J connectivity index is 1.48. The molecule has 0 radical (unpaired) electrons. The second-order valence-corrected chi connectivity index (χ2v) is 7.69. The van der Waals surface area contributed by atoms with Crippen LogP contribution in [0.15, 0.2) is 103 Å². The third kappa shape index (κ3) is 6.11. The number of nitrogens with one attached hydrogen (secondary N) is 2. The Labute approximate surface area is 194 Å². The summed E-state index contributed by atoms with van der Waals surface area (Å²) in [4.78, 5) is 12.3. The minimum atomic E-state index is -0.200. The normalized spacial score (nSPS) is 10.8. The van der Waals surface area contributed by atoms with Gasteiger partial charge in [0, 0.05) is 13.1 Å². The van der Waals surface area contributed by atoms with Crippen LogP contribution in [-0.2, 0) is 13.1 Å². The van der Waals surface area contributed by atoms with Crippen LogP contribution >= 0.6 is 0 Å². The highest BCUT2D eigenvalue weighted by molar-refractivity contribution is 5.82. The van der Waals surface area contributed by atoms with E-state index in [9.17, 15) is 9.90 Å². The number of urea groups is 1. The van der Waals surface area contributed by atoms with Crippen LogP contribution in [0.4, 0.5) is 4.79 Å². The molecule has 0 fully saturated rings. The Hall–Kier alpha value is -4.31. The third-order valence-corrected chi connectivity index (χ3v) is 5.35. The molecule has 0 spiro atoms. The smallest absolute Gasteiger partial charge is 0.315 e. The van der Waals surface area contributed by atoms with Gasteiger partial charge < -0.3 is 15.7 Å². The molecule has 0 saturated heterocycles. The van der Waals surface area contributed by atoms with Crippen LogP contribution < -0.4 is 10.6 Å². The average Bonchev–Trinajstić information content (AvgIpc) is 2.87. The van der Waals surface area contributed by atoms with Crippen LogP contribution in [-0.4, -0.2) is 11.1 Å². The molecule has 0 heterocycles. The Kier molecular flexibility index (Phi) is 7.18. The maximum Gasteiger partial charge on any atom is 0.315 e. The number of amides is 2. The molecule has 0 atom stereocenters. The van der Waals surface area contributed by atoms with Crippen molar-refractivity contribution >= 4 is 18.2 Å². The summed E-state index contributed by atoms with van der Waals surface area (Å²) in [5.41, 5.74) is 6.35. The van der Waals surface area contributed by atoms with Crippen molar-refractivity contribution in [1.29, 1.82) is 0 Å². The third-order valence-electron chi connectivity index (χ3n) is 5.35. The number of phenols is 1. The molecule has 4 heteroatoms. The van der Waals surface area contributed by atoms with Gasteiger partial charge in [0.25, 0.3) is 0 Å². The monoisotopic (exact) mass is 434 g/mol. The van der Waals surface area contributed by atoms with E-state index in [1.54, 1.807) is 12.1 Å². The van der Waals surface area contributed by atoms with Crippen molar-refractivity contribution in [1.82, 2.24) is 10.6 Å². The van der Waals surface area contributed by atoms with Gasteiger partial charge in [0.15, 0.2) is 0 Å². The number of phenolic OH excluding ortho intramolecular Hbond substituents is 1. The summed E-state index contributed by atoms with van der Waals surface area (Å²) in [5, 5.41) is 15.4. The Morgan fingerprint density at radius 2 is 1.30 bits per heavy atom. The predicted octanol–water partition coefficient (Wildman–Crippen LogP) is 6.23. The van der Waals surface area contributed by atoms with Gasteiger partial charge in [0.1, 0.15) is 5.75 Å². The van der Waals surface area contributed by atoms with Gasteiger partial charge in [0.2, 0.25) is 0 Å². The highest BCUT2D eigenvalue weighted by Crippen LogP contribution is 2.28. The molecule has 4 rings (SSSR count). The number of benzene rings is 4. The lowest BCUT2D eigenvalue weighted by molar-refractivity contribution is 0.240. The van der Waals surface area contributed by atoms with Crippen LogP contribution in [0, 0.1) is 0 Å².